The molecule has 1 aromatic rings. The van der Waals surface area contributed by atoms with E-state index in [9.17, 15) is 13.2 Å². The number of nitrogens with zero attached hydrogens (tertiary/aromatic N) is 1. The molecular weight excluding hydrogens is 300 g/mol. The first kappa shape index (κ1) is 18.6. The fraction of sp³-hybridized carbons (Fsp3) is 0.562. The lowest BCUT2D eigenvalue weighted by Crippen LogP contribution is -2.39. The van der Waals surface area contributed by atoms with Gasteiger partial charge in [-0.2, -0.15) is 0 Å². The van der Waals surface area contributed by atoms with Gasteiger partial charge in [0.15, 0.2) is 0 Å². The van der Waals surface area contributed by atoms with E-state index in [1.165, 1.54) is 10.6 Å². The normalized spacial score (nSPS) is 11.9. The smallest absolute Gasteiger partial charge is 0.251 e. The van der Waals surface area contributed by atoms with E-state index in [0.717, 1.165) is 12.0 Å². The quantitative estimate of drug-likeness (QED) is 0.795. The van der Waals surface area contributed by atoms with Crippen LogP contribution in [0.3, 0.4) is 0 Å². The minimum absolute atomic E-state index is 0.171. The van der Waals surface area contributed by atoms with Gasteiger partial charge in [-0.05, 0) is 30.9 Å². The summed E-state index contributed by atoms with van der Waals surface area (Å²) in [5.41, 5.74) is 1.52. The molecule has 0 saturated carbocycles. The molecule has 0 saturated heterocycles. The van der Waals surface area contributed by atoms with Crippen molar-refractivity contribution in [1.82, 2.24) is 9.62 Å². The third-order valence-electron chi connectivity index (χ3n) is 3.46. The van der Waals surface area contributed by atoms with Crippen molar-refractivity contribution in [1.29, 1.82) is 0 Å². The predicted molar refractivity (Wildman–Crippen MR) is 89.4 cm³/mol. The fourth-order valence-electron chi connectivity index (χ4n) is 2.06. The van der Waals surface area contributed by atoms with Crippen LogP contribution in [0.4, 0.5) is 0 Å². The van der Waals surface area contributed by atoms with Gasteiger partial charge in [-0.3, -0.25) is 4.79 Å². The minimum Gasteiger partial charge on any atom is -0.351 e. The first-order chi connectivity index (χ1) is 10.2. The summed E-state index contributed by atoms with van der Waals surface area (Å²) in [5.74, 6) is 0.265. The maximum atomic E-state index is 12.1. The Morgan fingerprint density at radius 3 is 2.41 bits per heavy atom. The Hall–Kier alpha value is -1.40. The first-order valence-electron chi connectivity index (χ1n) is 7.50. The molecule has 0 heterocycles. The predicted octanol–water partition coefficient (Wildman–Crippen LogP) is 2.03. The standard InChI is InChI=1S/C16H26N2O3S/c1-13(2)9-11-18(22(4,20)21)12-10-17-16(19)15-8-6-5-7-14(15)3/h5-8,13H,9-12H2,1-4H3,(H,17,19). The van der Waals surface area contributed by atoms with Crippen LogP contribution < -0.4 is 5.32 Å². The number of hydrogen-bond acceptors (Lipinski definition) is 3. The number of aryl methyl sites for hydroxylation is 1. The van der Waals surface area contributed by atoms with Crippen LogP contribution in [0.15, 0.2) is 24.3 Å². The van der Waals surface area contributed by atoms with Crippen LogP contribution in [0.1, 0.15) is 36.2 Å². The van der Waals surface area contributed by atoms with Crippen molar-refractivity contribution < 1.29 is 13.2 Å². The van der Waals surface area contributed by atoms with E-state index in [0.29, 0.717) is 31.1 Å². The van der Waals surface area contributed by atoms with Gasteiger partial charge >= 0.3 is 0 Å². The van der Waals surface area contributed by atoms with E-state index < -0.39 is 10.0 Å². The van der Waals surface area contributed by atoms with E-state index in [4.69, 9.17) is 0 Å². The molecule has 1 amide bonds. The van der Waals surface area contributed by atoms with Gasteiger partial charge in [0.2, 0.25) is 10.0 Å². The molecule has 0 fully saturated rings. The second-order valence-electron chi connectivity index (χ2n) is 5.92. The van der Waals surface area contributed by atoms with Crippen LogP contribution in [0.2, 0.25) is 0 Å². The topological polar surface area (TPSA) is 66.5 Å². The Balaban J connectivity index is 2.56. The van der Waals surface area contributed by atoms with Crippen LogP contribution in [-0.4, -0.2) is 44.5 Å². The van der Waals surface area contributed by atoms with Gasteiger partial charge in [0.05, 0.1) is 6.26 Å². The summed E-state index contributed by atoms with van der Waals surface area (Å²) in [5, 5.41) is 2.78. The maximum Gasteiger partial charge on any atom is 0.251 e. The molecule has 0 aliphatic rings. The van der Waals surface area contributed by atoms with Gasteiger partial charge in [-0.15, -0.1) is 0 Å². The van der Waals surface area contributed by atoms with Gasteiger partial charge in [0.1, 0.15) is 0 Å². The van der Waals surface area contributed by atoms with Gasteiger partial charge in [-0.25, -0.2) is 12.7 Å². The Kier molecular flexibility index (Phi) is 7.03. The van der Waals surface area contributed by atoms with Crippen LogP contribution in [0.25, 0.3) is 0 Å². The third-order valence-corrected chi connectivity index (χ3v) is 4.76. The average Bonchev–Trinajstić information content (AvgIpc) is 2.41. The van der Waals surface area contributed by atoms with E-state index in [1.54, 1.807) is 6.07 Å². The Bertz CT molecular complexity index is 597. The molecule has 0 unspecified atom stereocenters. The Morgan fingerprint density at radius 2 is 1.86 bits per heavy atom. The minimum atomic E-state index is -3.25. The van der Waals surface area contributed by atoms with Crippen LogP contribution in [0.5, 0.6) is 0 Å². The van der Waals surface area contributed by atoms with Crippen molar-refractivity contribution >= 4 is 15.9 Å². The van der Waals surface area contributed by atoms with E-state index in [-0.39, 0.29) is 5.91 Å². The zero-order chi connectivity index (χ0) is 16.8. The van der Waals surface area contributed by atoms with E-state index in [2.05, 4.69) is 19.2 Å². The van der Waals surface area contributed by atoms with Gasteiger partial charge in [-0.1, -0.05) is 32.0 Å². The summed E-state index contributed by atoms with van der Waals surface area (Å²) >= 11 is 0. The molecule has 124 valence electrons. The summed E-state index contributed by atoms with van der Waals surface area (Å²) in [6.45, 7) is 7.07. The van der Waals surface area contributed by atoms with Crippen molar-refractivity contribution in [2.75, 3.05) is 25.9 Å². The van der Waals surface area contributed by atoms with Gasteiger partial charge < -0.3 is 5.32 Å². The van der Waals surface area contributed by atoms with Gasteiger partial charge in [0.25, 0.3) is 5.91 Å². The molecule has 1 aromatic carbocycles. The molecule has 0 aliphatic heterocycles. The van der Waals surface area contributed by atoms with Crippen molar-refractivity contribution in [3.05, 3.63) is 35.4 Å². The highest BCUT2D eigenvalue weighted by atomic mass is 32.2. The van der Waals surface area contributed by atoms with Crippen LogP contribution in [-0.2, 0) is 10.0 Å². The molecule has 0 bridgehead atoms. The number of amides is 1. The third kappa shape index (κ3) is 6.15. The average molecular weight is 326 g/mol. The largest absolute Gasteiger partial charge is 0.351 e. The Morgan fingerprint density at radius 1 is 1.23 bits per heavy atom. The summed E-state index contributed by atoms with van der Waals surface area (Å²) in [6, 6.07) is 7.33. The van der Waals surface area contributed by atoms with Crippen LogP contribution >= 0.6 is 0 Å². The molecule has 0 atom stereocenters. The number of hydrogen-bond donors (Lipinski definition) is 1. The zero-order valence-corrected chi connectivity index (χ0v) is 14.6. The molecule has 0 aromatic heterocycles. The second-order valence-corrected chi connectivity index (χ2v) is 7.90. The fourth-order valence-corrected chi connectivity index (χ4v) is 2.92. The zero-order valence-electron chi connectivity index (χ0n) is 13.8. The van der Waals surface area contributed by atoms with E-state index >= 15 is 0 Å². The molecule has 22 heavy (non-hydrogen) atoms. The van der Waals surface area contributed by atoms with Crippen molar-refractivity contribution in [2.24, 2.45) is 5.92 Å². The molecule has 0 radical (unpaired) electrons. The molecule has 0 aliphatic carbocycles. The molecule has 5 nitrogen and oxygen atoms in total. The molecule has 1 rings (SSSR count). The summed E-state index contributed by atoms with van der Waals surface area (Å²) in [7, 11) is -3.25. The highest BCUT2D eigenvalue weighted by Gasteiger charge is 2.17. The maximum absolute atomic E-state index is 12.1. The monoisotopic (exact) mass is 326 g/mol. The number of carbonyl (C=O) groups excluding carboxylic acids is 1. The number of carbonyl (C=O) groups is 1. The summed E-state index contributed by atoms with van der Waals surface area (Å²) in [6.07, 6.45) is 2.01. The van der Waals surface area contributed by atoms with Crippen molar-refractivity contribution in [2.45, 2.75) is 27.2 Å². The van der Waals surface area contributed by atoms with Crippen molar-refractivity contribution in [3.63, 3.8) is 0 Å². The SMILES string of the molecule is Cc1ccccc1C(=O)NCCN(CCC(C)C)S(C)(=O)=O. The highest BCUT2D eigenvalue weighted by molar-refractivity contribution is 7.88. The highest BCUT2D eigenvalue weighted by Crippen LogP contribution is 2.07. The van der Waals surface area contributed by atoms with Gasteiger partial charge in [0, 0.05) is 25.2 Å². The number of benzene rings is 1. The molecule has 6 heteroatoms. The van der Waals surface area contributed by atoms with E-state index in [1.807, 2.05) is 25.1 Å². The Labute approximate surface area is 133 Å². The first-order valence-corrected chi connectivity index (χ1v) is 9.35. The number of sulfonamides is 1. The molecule has 0 spiro atoms. The van der Waals surface area contributed by atoms with Crippen molar-refractivity contribution in [3.8, 4) is 0 Å². The number of nitrogens with one attached hydrogen (secondary N) is 1. The second kappa shape index (κ2) is 8.29. The lowest BCUT2D eigenvalue weighted by Gasteiger charge is -2.21. The molecular formula is C16H26N2O3S. The lowest BCUT2D eigenvalue weighted by atomic mass is 10.1. The molecule has 1 N–H and O–H groups in total. The summed E-state index contributed by atoms with van der Waals surface area (Å²) < 4.78 is 24.9. The number of rotatable bonds is 8. The van der Waals surface area contributed by atoms with Crippen LogP contribution in [0, 0.1) is 12.8 Å². The summed E-state index contributed by atoms with van der Waals surface area (Å²) in [4.78, 5) is 12.1. The lowest BCUT2D eigenvalue weighted by molar-refractivity contribution is 0.0951.